The van der Waals surface area contributed by atoms with Gasteiger partial charge in [-0.05, 0) is 47.1 Å². The number of halogens is 1. The molecule has 0 aliphatic rings. The maximum Gasteiger partial charge on any atom is 0.275 e. The van der Waals surface area contributed by atoms with Crippen LogP contribution in [-0.2, 0) is 13.1 Å². The quantitative estimate of drug-likeness (QED) is 0.731. The monoisotopic (exact) mass is 387 g/mol. The maximum atomic E-state index is 12.6. The number of rotatable bonds is 5. The molecule has 6 heteroatoms. The van der Waals surface area contributed by atoms with Gasteiger partial charge in [-0.25, -0.2) is 0 Å². The number of carbonyl (C=O) groups excluding carboxylic acids is 1. The zero-order valence-corrected chi connectivity index (χ0v) is 14.9. The van der Waals surface area contributed by atoms with Crippen molar-refractivity contribution in [3.8, 4) is 0 Å². The third-order valence-electron chi connectivity index (χ3n) is 3.99. The van der Waals surface area contributed by atoms with Gasteiger partial charge in [-0.2, -0.15) is 0 Å². The van der Waals surface area contributed by atoms with Crippen molar-refractivity contribution < 1.29 is 4.79 Å². The Morgan fingerprint density at radius 1 is 1.12 bits per heavy atom. The molecule has 24 heavy (non-hydrogen) atoms. The molecule has 0 unspecified atom stereocenters. The Kier molecular flexibility index (Phi) is 4.85. The van der Waals surface area contributed by atoms with Crippen molar-refractivity contribution in [2.24, 2.45) is 0 Å². The first-order valence-corrected chi connectivity index (χ1v) is 8.62. The van der Waals surface area contributed by atoms with Crippen LogP contribution in [0.3, 0.4) is 0 Å². The summed E-state index contributed by atoms with van der Waals surface area (Å²) >= 11 is 3.37. The lowest BCUT2D eigenvalue weighted by atomic mass is 10.2. The number of hydrogen-bond donors (Lipinski definition) is 1. The Morgan fingerprint density at radius 2 is 1.83 bits per heavy atom. The summed E-state index contributed by atoms with van der Waals surface area (Å²) in [7, 11) is 0. The fraction of sp³-hybridized carbons (Fsp3) is 0.222. The molecular weight excluding hydrogens is 370 g/mol. The highest BCUT2D eigenvalue weighted by molar-refractivity contribution is 9.10. The van der Waals surface area contributed by atoms with Crippen LogP contribution in [0.5, 0.6) is 0 Å². The van der Waals surface area contributed by atoms with Crippen LogP contribution in [0.2, 0.25) is 0 Å². The fourth-order valence-electron chi connectivity index (χ4n) is 2.71. The molecule has 0 aliphatic carbocycles. The van der Waals surface area contributed by atoms with E-state index in [4.69, 9.17) is 0 Å². The first kappa shape index (κ1) is 16.5. The summed E-state index contributed by atoms with van der Waals surface area (Å²) in [5.74, 6) is -0.159. The Labute approximate surface area is 148 Å². The molecule has 1 N–H and O–H groups in total. The molecule has 0 saturated heterocycles. The summed E-state index contributed by atoms with van der Waals surface area (Å²) in [4.78, 5) is 24.8. The summed E-state index contributed by atoms with van der Waals surface area (Å²) in [6.07, 6.45) is 3.69. The van der Waals surface area contributed by atoms with Gasteiger partial charge in [0.2, 0.25) is 0 Å². The van der Waals surface area contributed by atoms with Crippen molar-refractivity contribution in [1.82, 2.24) is 14.5 Å². The van der Waals surface area contributed by atoms with Crippen LogP contribution in [0.25, 0.3) is 10.9 Å². The van der Waals surface area contributed by atoms with E-state index in [9.17, 15) is 9.59 Å². The van der Waals surface area contributed by atoms with E-state index in [-0.39, 0.29) is 11.5 Å². The molecule has 0 bridgehead atoms. The van der Waals surface area contributed by atoms with Crippen LogP contribution < -0.4 is 10.9 Å². The van der Waals surface area contributed by atoms with Gasteiger partial charge in [-0.3, -0.25) is 9.59 Å². The van der Waals surface area contributed by atoms with Crippen LogP contribution in [0, 0.1) is 0 Å². The molecule has 2 heterocycles. The predicted octanol–water partition coefficient (Wildman–Crippen LogP) is 3.02. The van der Waals surface area contributed by atoms with Gasteiger partial charge in [0, 0.05) is 41.9 Å². The molecule has 0 spiro atoms. The van der Waals surface area contributed by atoms with Gasteiger partial charge in [0.05, 0.1) is 5.56 Å². The number of carbonyl (C=O) groups is 1. The third-order valence-corrected chi connectivity index (χ3v) is 4.68. The molecule has 124 valence electrons. The second-order valence-corrected chi connectivity index (χ2v) is 6.31. The number of benzene rings is 1. The summed E-state index contributed by atoms with van der Waals surface area (Å²) in [6, 6.07) is 11.1. The number of nitrogens with zero attached hydrogens (tertiary/aromatic N) is 2. The lowest BCUT2D eigenvalue weighted by Crippen LogP contribution is -2.31. The topological polar surface area (TPSA) is 56.0 Å². The Hall–Kier alpha value is -2.34. The summed E-state index contributed by atoms with van der Waals surface area (Å²) in [5, 5.41) is 3.79. The minimum atomic E-state index is -0.159. The molecule has 0 saturated carbocycles. The van der Waals surface area contributed by atoms with Gasteiger partial charge in [-0.15, -0.1) is 0 Å². The molecule has 0 radical (unpaired) electrons. The van der Waals surface area contributed by atoms with Gasteiger partial charge in [0.1, 0.15) is 5.52 Å². The number of aromatic nitrogens is 2. The van der Waals surface area contributed by atoms with Crippen LogP contribution in [0.4, 0.5) is 0 Å². The van der Waals surface area contributed by atoms with E-state index in [0.717, 1.165) is 16.4 Å². The van der Waals surface area contributed by atoms with Crippen LogP contribution in [0.15, 0.2) is 58.1 Å². The molecule has 0 fully saturated rings. The van der Waals surface area contributed by atoms with E-state index in [2.05, 4.69) is 21.2 Å². The molecule has 1 aromatic carbocycles. The Balaban J connectivity index is 1.72. The largest absolute Gasteiger partial charge is 0.350 e. The van der Waals surface area contributed by atoms with E-state index >= 15 is 0 Å². The highest BCUT2D eigenvalue weighted by atomic mass is 79.9. The van der Waals surface area contributed by atoms with Crippen molar-refractivity contribution in [2.75, 3.05) is 6.54 Å². The second kappa shape index (κ2) is 7.05. The Morgan fingerprint density at radius 3 is 2.54 bits per heavy atom. The SMILES string of the molecule is CCn1ccc2ccn(CCNC(=O)c3ccccc3Br)c(=O)c21. The first-order valence-electron chi connectivity index (χ1n) is 7.83. The molecule has 0 atom stereocenters. The van der Waals surface area contributed by atoms with Crippen molar-refractivity contribution >= 4 is 32.7 Å². The standard InChI is InChI=1S/C18H18BrN3O2/c1-2-21-10-7-13-8-11-22(18(24)16(13)21)12-9-20-17(23)14-5-3-4-6-15(14)19/h3-8,10-11H,2,9,12H2,1H3,(H,20,23). The van der Waals surface area contributed by atoms with Crippen LogP contribution in [0.1, 0.15) is 17.3 Å². The van der Waals surface area contributed by atoms with Crippen LogP contribution in [-0.4, -0.2) is 21.6 Å². The minimum absolute atomic E-state index is 0.0329. The molecule has 1 amide bonds. The zero-order chi connectivity index (χ0) is 17.1. The molecule has 3 rings (SSSR count). The molecular formula is C18H18BrN3O2. The molecule has 0 aliphatic heterocycles. The summed E-state index contributed by atoms with van der Waals surface area (Å²) in [6.45, 7) is 3.58. The number of aryl methyl sites for hydroxylation is 1. The summed E-state index contributed by atoms with van der Waals surface area (Å²) in [5.41, 5.74) is 1.26. The Bertz CT molecular complexity index is 943. The van der Waals surface area contributed by atoms with Crippen molar-refractivity contribution in [1.29, 1.82) is 0 Å². The minimum Gasteiger partial charge on any atom is -0.350 e. The van der Waals surface area contributed by atoms with Crippen molar-refractivity contribution in [3.63, 3.8) is 0 Å². The number of hydrogen-bond acceptors (Lipinski definition) is 2. The van der Waals surface area contributed by atoms with Crippen molar-refractivity contribution in [2.45, 2.75) is 20.0 Å². The van der Waals surface area contributed by atoms with Gasteiger partial charge in [-0.1, -0.05) is 12.1 Å². The first-order chi connectivity index (χ1) is 11.6. The highest BCUT2D eigenvalue weighted by Gasteiger charge is 2.10. The van der Waals surface area contributed by atoms with E-state index in [1.165, 1.54) is 0 Å². The van der Waals surface area contributed by atoms with Gasteiger partial charge >= 0.3 is 0 Å². The van der Waals surface area contributed by atoms with E-state index in [1.807, 2.05) is 48.0 Å². The zero-order valence-electron chi connectivity index (χ0n) is 13.3. The average Bonchev–Trinajstić information content (AvgIpc) is 3.01. The number of nitrogens with one attached hydrogen (secondary N) is 1. The average molecular weight is 388 g/mol. The number of fused-ring (bicyclic) bond motifs is 1. The lowest BCUT2D eigenvalue weighted by molar-refractivity contribution is 0.0951. The molecule has 5 nitrogen and oxygen atoms in total. The normalized spacial score (nSPS) is 10.9. The summed E-state index contributed by atoms with van der Waals surface area (Å²) < 4.78 is 4.32. The predicted molar refractivity (Wildman–Crippen MR) is 98.3 cm³/mol. The van der Waals surface area contributed by atoms with E-state index < -0.39 is 0 Å². The van der Waals surface area contributed by atoms with Gasteiger partial charge in [0.15, 0.2) is 0 Å². The lowest BCUT2D eigenvalue weighted by Gasteiger charge is -2.09. The maximum absolute atomic E-state index is 12.6. The number of pyridine rings is 1. The van der Waals surface area contributed by atoms with Crippen molar-refractivity contribution in [3.05, 3.63) is 69.2 Å². The van der Waals surface area contributed by atoms with Crippen LogP contribution >= 0.6 is 15.9 Å². The number of amides is 1. The second-order valence-electron chi connectivity index (χ2n) is 5.46. The molecule has 2 aromatic heterocycles. The highest BCUT2D eigenvalue weighted by Crippen LogP contribution is 2.15. The molecule has 3 aromatic rings. The van der Waals surface area contributed by atoms with Gasteiger partial charge < -0.3 is 14.5 Å². The smallest absolute Gasteiger partial charge is 0.275 e. The fourth-order valence-corrected chi connectivity index (χ4v) is 3.18. The van der Waals surface area contributed by atoms with E-state index in [0.29, 0.717) is 24.2 Å². The third kappa shape index (κ3) is 3.14. The van der Waals surface area contributed by atoms with E-state index in [1.54, 1.807) is 16.8 Å². The van der Waals surface area contributed by atoms with Gasteiger partial charge in [0.25, 0.3) is 11.5 Å².